The normalized spacial score (nSPS) is 12.2. The largest absolute Gasteiger partial charge is 0.496 e. The minimum Gasteiger partial charge on any atom is -0.496 e. The first kappa shape index (κ1) is 16.2. The Morgan fingerprint density at radius 1 is 1.50 bits per heavy atom. The first-order chi connectivity index (χ1) is 9.47. The zero-order chi connectivity index (χ0) is 15.1. The van der Waals surface area contributed by atoms with Crippen LogP contribution in [0.25, 0.3) is 6.08 Å². The van der Waals surface area contributed by atoms with Gasteiger partial charge in [0, 0.05) is 16.1 Å². The van der Waals surface area contributed by atoms with E-state index in [4.69, 9.17) is 14.9 Å². The van der Waals surface area contributed by atoms with Crippen LogP contribution in [-0.4, -0.2) is 41.8 Å². The number of hydrogen-bond donors (Lipinski definition) is 3. The van der Waals surface area contributed by atoms with Crippen LogP contribution in [0.4, 0.5) is 0 Å². The molecule has 1 unspecified atom stereocenters. The molecule has 6 nitrogen and oxygen atoms in total. The summed E-state index contributed by atoms with van der Waals surface area (Å²) in [4.78, 5) is 22.2. The lowest BCUT2D eigenvalue weighted by Crippen LogP contribution is -2.42. The standard InChI is InChI=1S/C13H14BrNO5/c1-20-11-4-3-9(14)6-8(11)2-5-12(17)15-10(7-16)13(18)19/h2-6,10,16H,7H2,1H3,(H,15,17)(H,18,19)/b5-2+. The highest BCUT2D eigenvalue weighted by atomic mass is 79.9. The van der Waals surface area contributed by atoms with Gasteiger partial charge in [0.15, 0.2) is 6.04 Å². The summed E-state index contributed by atoms with van der Waals surface area (Å²) in [6.07, 6.45) is 2.67. The molecule has 1 aromatic rings. The number of carboxylic acid groups (broad SMARTS) is 1. The Morgan fingerprint density at radius 2 is 2.20 bits per heavy atom. The van der Waals surface area contributed by atoms with Gasteiger partial charge in [-0.1, -0.05) is 15.9 Å². The summed E-state index contributed by atoms with van der Waals surface area (Å²) in [5.74, 6) is -1.34. The Morgan fingerprint density at radius 3 is 2.75 bits per heavy atom. The maximum Gasteiger partial charge on any atom is 0.328 e. The van der Waals surface area contributed by atoms with Gasteiger partial charge in [0.05, 0.1) is 13.7 Å². The van der Waals surface area contributed by atoms with Crippen LogP contribution < -0.4 is 10.1 Å². The molecule has 1 aromatic carbocycles. The van der Waals surface area contributed by atoms with E-state index in [9.17, 15) is 9.59 Å². The van der Waals surface area contributed by atoms with E-state index in [1.165, 1.54) is 19.3 Å². The highest BCUT2D eigenvalue weighted by Gasteiger charge is 2.17. The molecule has 0 aromatic heterocycles. The molecule has 0 heterocycles. The topological polar surface area (TPSA) is 95.9 Å². The lowest BCUT2D eigenvalue weighted by Gasteiger charge is -2.09. The minimum atomic E-state index is -1.32. The molecule has 1 rings (SSSR count). The number of nitrogens with one attached hydrogen (secondary N) is 1. The van der Waals surface area contributed by atoms with Crippen molar-refractivity contribution in [3.63, 3.8) is 0 Å². The van der Waals surface area contributed by atoms with Gasteiger partial charge >= 0.3 is 5.97 Å². The Kier molecular flexibility index (Phi) is 6.20. The van der Waals surface area contributed by atoms with Crippen molar-refractivity contribution in [2.24, 2.45) is 0 Å². The van der Waals surface area contributed by atoms with Crippen molar-refractivity contribution in [3.05, 3.63) is 34.3 Å². The van der Waals surface area contributed by atoms with E-state index in [-0.39, 0.29) is 0 Å². The van der Waals surface area contributed by atoms with Gasteiger partial charge in [-0.05, 0) is 24.3 Å². The van der Waals surface area contributed by atoms with Crippen LogP contribution in [0.1, 0.15) is 5.56 Å². The van der Waals surface area contributed by atoms with Gasteiger partial charge in [-0.3, -0.25) is 4.79 Å². The fourth-order valence-electron chi connectivity index (χ4n) is 1.41. The summed E-state index contributed by atoms with van der Waals surface area (Å²) in [6.45, 7) is -0.672. The van der Waals surface area contributed by atoms with Crippen LogP contribution in [0.15, 0.2) is 28.7 Å². The number of benzene rings is 1. The maximum absolute atomic E-state index is 11.5. The second-order valence-corrected chi connectivity index (χ2v) is 4.72. The molecule has 0 aliphatic heterocycles. The lowest BCUT2D eigenvalue weighted by molar-refractivity contribution is -0.142. The number of hydrogen-bond acceptors (Lipinski definition) is 4. The number of rotatable bonds is 6. The number of carbonyl (C=O) groups is 2. The van der Waals surface area contributed by atoms with Gasteiger partial charge in [-0.15, -0.1) is 0 Å². The van der Waals surface area contributed by atoms with Gasteiger partial charge < -0.3 is 20.3 Å². The molecule has 3 N–H and O–H groups in total. The van der Waals surface area contributed by atoms with E-state index in [1.54, 1.807) is 18.2 Å². The van der Waals surface area contributed by atoms with E-state index >= 15 is 0 Å². The van der Waals surface area contributed by atoms with Crippen molar-refractivity contribution in [1.29, 1.82) is 0 Å². The Balaban J connectivity index is 2.79. The number of carbonyl (C=O) groups excluding carboxylic acids is 1. The molecule has 1 atom stereocenters. The summed E-state index contributed by atoms with van der Waals surface area (Å²) < 4.78 is 5.95. The fourth-order valence-corrected chi connectivity index (χ4v) is 1.79. The highest BCUT2D eigenvalue weighted by Crippen LogP contribution is 2.23. The van der Waals surface area contributed by atoms with E-state index in [0.717, 1.165) is 4.47 Å². The van der Waals surface area contributed by atoms with Crippen molar-refractivity contribution in [1.82, 2.24) is 5.32 Å². The second-order valence-electron chi connectivity index (χ2n) is 3.80. The zero-order valence-electron chi connectivity index (χ0n) is 10.7. The van der Waals surface area contributed by atoms with Crippen molar-refractivity contribution in [2.75, 3.05) is 13.7 Å². The second kappa shape index (κ2) is 7.66. The predicted molar refractivity (Wildman–Crippen MR) is 76.4 cm³/mol. The number of halogens is 1. The molecule has 0 saturated carbocycles. The third-order valence-corrected chi connectivity index (χ3v) is 2.90. The van der Waals surface area contributed by atoms with Crippen molar-refractivity contribution in [2.45, 2.75) is 6.04 Å². The molecule has 0 saturated heterocycles. The average Bonchev–Trinajstić information content (AvgIpc) is 2.42. The average molecular weight is 344 g/mol. The molecule has 0 spiro atoms. The summed E-state index contributed by atoms with van der Waals surface area (Å²) in [7, 11) is 1.51. The maximum atomic E-state index is 11.5. The van der Waals surface area contributed by atoms with E-state index in [1.807, 2.05) is 0 Å². The molecule has 0 aliphatic rings. The van der Waals surface area contributed by atoms with Gasteiger partial charge in [-0.25, -0.2) is 4.79 Å². The van der Waals surface area contributed by atoms with E-state index < -0.39 is 24.5 Å². The van der Waals surface area contributed by atoms with Crippen molar-refractivity contribution < 1.29 is 24.5 Å². The van der Waals surface area contributed by atoms with Gasteiger partial charge in [-0.2, -0.15) is 0 Å². The molecule has 108 valence electrons. The molecule has 0 radical (unpaired) electrons. The van der Waals surface area contributed by atoms with Gasteiger partial charge in [0.2, 0.25) is 5.91 Å². The summed E-state index contributed by atoms with van der Waals surface area (Å²) >= 11 is 3.30. The van der Waals surface area contributed by atoms with Crippen LogP contribution in [-0.2, 0) is 9.59 Å². The number of aliphatic hydroxyl groups excluding tert-OH is 1. The first-order valence-corrected chi connectivity index (χ1v) is 6.43. The lowest BCUT2D eigenvalue weighted by atomic mass is 10.2. The molecule has 0 aliphatic carbocycles. The number of aliphatic carboxylic acids is 1. The van der Waals surface area contributed by atoms with E-state index in [2.05, 4.69) is 21.2 Å². The third kappa shape index (κ3) is 4.67. The fraction of sp³-hybridized carbons (Fsp3) is 0.231. The number of ether oxygens (including phenoxy) is 1. The number of amides is 1. The summed E-state index contributed by atoms with van der Waals surface area (Å²) in [5.41, 5.74) is 0.660. The van der Waals surface area contributed by atoms with Crippen LogP contribution in [0.3, 0.4) is 0 Å². The quantitative estimate of drug-likeness (QED) is 0.670. The SMILES string of the molecule is COc1ccc(Br)cc1/C=C/C(=O)NC(CO)C(=O)O. The summed E-state index contributed by atoms with van der Waals surface area (Å²) in [5, 5.41) is 19.7. The van der Waals surface area contributed by atoms with Crippen LogP contribution in [0, 0.1) is 0 Å². The van der Waals surface area contributed by atoms with Crippen LogP contribution in [0.2, 0.25) is 0 Å². The molecule has 7 heteroatoms. The van der Waals surface area contributed by atoms with E-state index in [0.29, 0.717) is 11.3 Å². The Bertz CT molecular complexity index is 529. The van der Waals surface area contributed by atoms with Crippen molar-refractivity contribution in [3.8, 4) is 5.75 Å². The number of carboxylic acids is 1. The van der Waals surface area contributed by atoms with Crippen LogP contribution >= 0.6 is 15.9 Å². The number of aliphatic hydroxyl groups is 1. The molecule has 20 heavy (non-hydrogen) atoms. The Hall–Kier alpha value is -1.86. The van der Waals surface area contributed by atoms with Crippen LogP contribution in [0.5, 0.6) is 5.75 Å². The Labute approximate surface area is 124 Å². The first-order valence-electron chi connectivity index (χ1n) is 5.63. The molecule has 0 bridgehead atoms. The highest BCUT2D eigenvalue weighted by molar-refractivity contribution is 9.10. The smallest absolute Gasteiger partial charge is 0.328 e. The molecule has 0 fully saturated rings. The third-order valence-electron chi connectivity index (χ3n) is 2.40. The molecular formula is C13H14BrNO5. The monoisotopic (exact) mass is 343 g/mol. The van der Waals surface area contributed by atoms with Gasteiger partial charge in [0.25, 0.3) is 0 Å². The molecular weight excluding hydrogens is 330 g/mol. The predicted octanol–water partition coefficient (Wildman–Crippen LogP) is 1.03. The van der Waals surface area contributed by atoms with Crippen molar-refractivity contribution >= 4 is 33.9 Å². The minimum absolute atomic E-state index is 0.578. The zero-order valence-corrected chi connectivity index (χ0v) is 12.3. The van der Waals surface area contributed by atoms with Gasteiger partial charge in [0.1, 0.15) is 5.75 Å². The summed E-state index contributed by atoms with van der Waals surface area (Å²) in [6, 6.07) is 3.96. The molecule has 1 amide bonds. The number of methoxy groups -OCH3 is 1.